The predicted octanol–water partition coefficient (Wildman–Crippen LogP) is 1.12. The molecule has 0 radical (unpaired) electrons. The van der Waals surface area contributed by atoms with Crippen LogP contribution < -0.4 is 0 Å². The van der Waals surface area contributed by atoms with Gasteiger partial charge in [0.2, 0.25) is 0 Å². The van der Waals surface area contributed by atoms with E-state index in [9.17, 15) is 0 Å². The highest BCUT2D eigenvalue weighted by Crippen LogP contribution is 2.10. The van der Waals surface area contributed by atoms with Gasteiger partial charge in [0.15, 0.2) is 0 Å². The molecule has 0 amide bonds. The molecule has 0 aliphatic rings. The van der Waals surface area contributed by atoms with Crippen molar-refractivity contribution in [2.75, 3.05) is 13.7 Å². The lowest BCUT2D eigenvalue weighted by Gasteiger charge is -2.15. The van der Waals surface area contributed by atoms with Gasteiger partial charge in [-0.25, -0.2) is 0 Å². The Kier molecular flexibility index (Phi) is 3.24. The second-order valence-corrected chi connectivity index (χ2v) is 2.67. The molecule has 0 fully saturated rings. The van der Waals surface area contributed by atoms with Crippen LogP contribution >= 0.6 is 0 Å². The molecule has 0 spiro atoms. The lowest BCUT2D eigenvalue weighted by Crippen LogP contribution is -2.19. The monoisotopic (exact) mass is 131 g/mol. The zero-order valence-corrected chi connectivity index (χ0v) is 6.09. The fraction of sp³-hybridized carbons (Fsp3) is 0.833. The summed E-state index contributed by atoms with van der Waals surface area (Å²) < 4.78 is 4.86. The van der Waals surface area contributed by atoms with Gasteiger partial charge in [0.1, 0.15) is 0 Å². The maximum absolute atomic E-state index is 8.14. The molecule has 0 unspecified atom stereocenters. The van der Waals surface area contributed by atoms with E-state index in [2.05, 4.69) is 5.16 Å². The lowest BCUT2D eigenvalue weighted by molar-refractivity contribution is 0.142. The van der Waals surface area contributed by atoms with Crippen molar-refractivity contribution in [2.24, 2.45) is 10.6 Å². The standard InChI is InChI=1S/C6H13NO2/c1-6(2,4-7-8)5-9-3/h4,8H,5H2,1-3H3/b7-4-. The minimum absolute atomic E-state index is 0.163. The van der Waals surface area contributed by atoms with Crippen molar-refractivity contribution in [2.45, 2.75) is 13.8 Å². The van der Waals surface area contributed by atoms with Crippen LogP contribution in [0.2, 0.25) is 0 Å². The van der Waals surface area contributed by atoms with Gasteiger partial charge in [0, 0.05) is 12.5 Å². The van der Waals surface area contributed by atoms with E-state index in [-0.39, 0.29) is 5.41 Å². The van der Waals surface area contributed by atoms with E-state index in [1.54, 1.807) is 7.11 Å². The van der Waals surface area contributed by atoms with Gasteiger partial charge in [-0.1, -0.05) is 13.8 Å². The van der Waals surface area contributed by atoms with E-state index in [1.807, 2.05) is 13.8 Å². The van der Waals surface area contributed by atoms with Crippen LogP contribution in [0, 0.1) is 5.41 Å². The first-order valence-corrected chi connectivity index (χ1v) is 2.80. The summed E-state index contributed by atoms with van der Waals surface area (Å²) in [6, 6.07) is 0. The zero-order valence-electron chi connectivity index (χ0n) is 6.09. The topological polar surface area (TPSA) is 41.8 Å². The second-order valence-electron chi connectivity index (χ2n) is 2.67. The second kappa shape index (κ2) is 3.45. The quantitative estimate of drug-likeness (QED) is 0.354. The van der Waals surface area contributed by atoms with Crippen molar-refractivity contribution < 1.29 is 9.94 Å². The average Bonchev–Trinajstić information content (AvgIpc) is 1.64. The van der Waals surface area contributed by atoms with Crippen LogP contribution in [0.3, 0.4) is 0 Å². The Morgan fingerprint density at radius 3 is 2.56 bits per heavy atom. The maximum atomic E-state index is 8.14. The largest absolute Gasteiger partial charge is 0.411 e. The van der Waals surface area contributed by atoms with Gasteiger partial charge in [-0.15, -0.1) is 5.16 Å². The summed E-state index contributed by atoms with van der Waals surface area (Å²) in [5.41, 5.74) is -0.163. The highest BCUT2D eigenvalue weighted by Gasteiger charge is 2.13. The van der Waals surface area contributed by atoms with Gasteiger partial charge in [-0.05, 0) is 0 Å². The molecular formula is C6H13NO2. The Morgan fingerprint density at radius 2 is 2.22 bits per heavy atom. The van der Waals surface area contributed by atoms with Gasteiger partial charge in [-0.2, -0.15) is 0 Å². The van der Waals surface area contributed by atoms with E-state index in [0.717, 1.165) is 0 Å². The van der Waals surface area contributed by atoms with Crippen molar-refractivity contribution in [3.63, 3.8) is 0 Å². The summed E-state index contributed by atoms with van der Waals surface area (Å²) in [6.45, 7) is 4.42. The third-order valence-corrected chi connectivity index (χ3v) is 0.924. The first kappa shape index (κ1) is 8.43. The summed E-state index contributed by atoms with van der Waals surface area (Å²) in [6.07, 6.45) is 1.45. The molecule has 0 aromatic heterocycles. The summed E-state index contributed by atoms with van der Waals surface area (Å²) in [7, 11) is 1.62. The Labute approximate surface area is 55.3 Å². The van der Waals surface area contributed by atoms with Crippen molar-refractivity contribution in [1.82, 2.24) is 0 Å². The average molecular weight is 131 g/mol. The van der Waals surface area contributed by atoms with E-state index >= 15 is 0 Å². The molecule has 0 heterocycles. The molecule has 9 heavy (non-hydrogen) atoms. The molecule has 0 aliphatic heterocycles. The summed E-state index contributed by atoms with van der Waals surface area (Å²) in [5.74, 6) is 0. The van der Waals surface area contributed by atoms with Crippen LogP contribution in [0.25, 0.3) is 0 Å². The predicted molar refractivity (Wildman–Crippen MR) is 35.9 cm³/mol. The maximum Gasteiger partial charge on any atom is 0.0564 e. The van der Waals surface area contributed by atoms with Crippen LogP contribution in [0.1, 0.15) is 13.8 Å². The van der Waals surface area contributed by atoms with Gasteiger partial charge in [0.25, 0.3) is 0 Å². The van der Waals surface area contributed by atoms with E-state index in [0.29, 0.717) is 6.61 Å². The molecule has 0 bridgehead atoms. The third kappa shape index (κ3) is 3.97. The van der Waals surface area contributed by atoms with Gasteiger partial charge in [-0.3, -0.25) is 0 Å². The first-order chi connectivity index (χ1) is 4.12. The Balaban J connectivity index is 3.70. The molecule has 0 rings (SSSR count). The van der Waals surface area contributed by atoms with E-state index in [4.69, 9.17) is 9.94 Å². The molecule has 0 aromatic rings. The minimum Gasteiger partial charge on any atom is -0.411 e. The van der Waals surface area contributed by atoms with Crippen molar-refractivity contribution in [3.8, 4) is 0 Å². The molecule has 1 N–H and O–H groups in total. The normalized spacial score (nSPS) is 12.8. The molecule has 0 aromatic carbocycles. The van der Waals surface area contributed by atoms with Crippen molar-refractivity contribution in [3.05, 3.63) is 0 Å². The first-order valence-electron chi connectivity index (χ1n) is 2.80. The lowest BCUT2D eigenvalue weighted by atomic mass is 9.97. The number of oxime groups is 1. The summed E-state index contributed by atoms with van der Waals surface area (Å²) >= 11 is 0. The number of nitrogens with zero attached hydrogens (tertiary/aromatic N) is 1. The van der Waals surface area contributed by atoms with E-state index in [1.165, 1.54) is 6.21 Å². The molecule has 54 valence electrons. The zero-order chi connectivity index (χ0) is 7.33. The molecule has 0 saturated carbocycles. The number of methoxy groups -OCH3 is 1. The minimum atomic E-state index is -0.163. The Hall–Kier alpha value is -0.570. The molecule has 0 aliphatic carbocycles. The Morgan fingerprint density at radius 1 is 1.67 bits per heavy atom. The van der Waals surface area contributed by atoms with Crippen LogP contribution in [0.4, 0.5) is 0 Å². The SMILES string of the molecule is COCC(C)(C)/C=N\O. The van der Waals surface area contributed by atoms with Crippen LogP contribution in [-0.2, 0) is 4.74 Å². The summed E-state index contributed by atoms with van der Waals surface area (Å²) in [5, 5.41) is 11.1. The number of ether oxygens (including phenoxy) is 1. The van der Waals surface area contributed by atoms with Crippen molar-refractivity contribution in [1.29, 1.82) is 0 Å². The number of hydrogen-bond donors (Lipinski definition) is 1. The highest BCUT2D eigenvalue weighted by atomic mass is 16.5. The fourth-order valence-electron chi connectivity index (χ4n) is 0.566. The molecule has 3 nitrogen and oxygen atoms in total. The third-order valence-electron chi connectivity index (χ3n) is 0.924. The van der Waals surface area contributed by atoms with E-state index < -0.39 is 0 Å². The Bertz CT molecular complexity index is 99.2. The molecule has 0 saturated heterocycles. The molecular weight excluding hydrogens is 118 g/mol. The van der Waals surface area contributed by atoms with Gasteiger partial charge in [0.05, 0.1) is 12.8 Å². The highest BCUT2D eigenvalue weighted by molar-refractivity contribution is 5.63. The summed E-state index contributed by atoms with van der Waals surface area (Å²) in [4.78, 5) is 0. The van der Waals surface area contributed by atoms with Crippen molar-refractivity contribution >= 4 is 6.21 Å². The van der Waals surface area contributed by atoms with Crippen LogP contribution in [0.15, 0.2) is 5.16 Å². The van der Waals surface area contributed by atoms with Crippen LogP contribution in [0.5, 0.6) is 0 Å². The van der Waals surface area contributed by atoms with Crippen LogP contribution in [-0.4, -0.2) is 25.1 Å². The van der Waals surface area contributed by atoms with Gasteiger partial charge < -0.3 is 9.94 Å². The molecule has 3 heteroatoms. The molecule has 0 atom stereocenters. The number of hydrogen-bond acceptors (Lipinski definition) is 3. The van der Waals surface area contributed by atoms with Gasteiger partial charge >= 0.3 is 0 Å². The number of rotatable bonds is 3. The smallest absolute Gasteiger partial charge is 0.0564 e. The fourth-order valence-corrected chi connectivity index (χ4v) is 0.566.